The summed E-state index contributed by atoms with van der Waals surface area (Å²) in [5, 5.41) is 7.11. The van der Waals surface area contributed by atoms with Crippen molar-refractivity contribution in [1.82, 2.24) is 20.4 Å². The predicted molar refractivity (Wildman–Crippen MR) is 94.7 cm³/mol. The van der Waals surface area contributed by atoms with E-state index in [4.69, 9.17) is 16.0 Å². The van der Waals surface area contributed by atoms with E-state index >= 15 is 0 Å². The zero-order valence-electron chi connectivity index (χ0n) is 14.0. The number of hydrogen-bond acceptors (Lipinski definition) is 7. The SMILES string of the molecule is O=C(CC1CCCN(c2nc3ccc(Cl)cc3o2)C1)NCc1ncon1. The van der Waals surface area contributed by atoms with E-state index in [0.29, 0.717) is 28.9 Å². The number of carbonyl (C=O) groups is 1. The Labute approximate surface area is 154 Å². The second-order valence-corrected chi connectivity index (χ2v) is 6.83. The second-order valence-electron chi connectivity index (χ2n) is 6.39. The highest BCUT2D eigenvalue weighted by atomic mass is 35.5. The third-order valence-electron chi connectivity index (χ3n) is 4.45. The maximum atomic E-state index is 12.2. The van der Waals surface area contributed by atoms with Crippen molar-refractivity contribution in [3.63, 3.8) is 0 Å². The molecule has 0 bridgehead atoms. The van der Waals surface area contributed by atoms with Crippen molar-refractivity contribution >= 4 is 34.6 Å². The lowest BCUT2D eigenvalue weighted by Gasteiger charge is -2.31. The first-order valence-corrected chi connectivity index (χ1v) is 8.88. The molecule has 26 heavy (non-hydrogen) atoms. The summed E-state index contributed by atoms with van der Waals surface area (Å²) < 4.78 is 10.5. The van der Waals surface area contributed by atoms with Crippen LogP contribution in [0.4, 0.5) is 6.01 Å². The van der Waals surface area contributed by atoms with Gasteiger partial charge in [-0.15, -0.1) is 0 Å². The summed E-state index contributed by atoms with van der Waals surface area (Å²) in [5.41, 5.74) is 1.46. The normalized spacial score (nSPS) is 17.6. The number of nitrogens with one attached hydrogen (secondary N) is 1. The molecule has 0 aliphatic carbocycles. The summed E-state index contributed by atoms with van der Waals surface area (Å²) in [4.78, 5) is 22.7. The molecule has 1 N–H and O–H groups in total. The highest BCUT2D eigenvalue weighted by Crippen LogP contribution is 2.28. The average molecular weight is 376 g/mol. The molecule has 1 saturated heterocycles. The zero-order chi connectivity index (χ0) is 17.9. The van der Waals surface area contributed by atoms with Gasteiger partial charge in [-0.1, -0.05) is 16.8 Å². The van der Waals surface area contributed by atoms with Crippen molar-refractivity contribution in [1.29, 1.82) is 0 Å². The first-order chi connectivity index (χ1) is 12.7. The number of oxazole rings is 1. The monoisotopic (exact) mass is 375 g/mol. The van der Waals surface area contributed by atoms with Crippen LogP contribution in [0.15, 0.2) is 33.5 Å². The third-order valence-corrected chi connectivity index (χ3v) is 4.69. The number of anilines is 1. The lowest BCUT2D eigenvalue weighted by molar-refractivity contribution is -0.122. The summed E-state index contributed by atoms with van der Waals surface area (Å²) in [7, 11) is 0. The largest absolute Gasteiger partial charge is 0.423 e. The lowest BCUT2D eigenvalue weighted by atomic mass is 9.94. The molecule has 2 aromatic heterocycles. The zero-order valence-corrected chi connectivity index (χ0v) is 14.8. The molecule has 1 atom stereocenters. The Balaban J connectivity index is 1.36. The van der Waals surface area contributed by atoms with Crippen LogP contribution in [0.5, 0.6) is 0 Å². The molecule has 9 heteroatoms. The van der Waals surface area contributed by atoms with Crippen LogP contribution in [0.25, 0.3) is 11.1 Å². The molecule has 136 valence electrons. The Morgan fingerprint density at radius 2 is 2.35 bits per heavy atom. The average Bonchev–Trinajstić information content (AvgIpc) is 3.29. The molecule has 1 aliphatic rings. The molecule has 4 rings (SSSR count). The van der Waals surface area contributed by atoms with Gasteiger partial charge in [0.2, 0.25) is 12.3 Å². The van der Waals surface area contributed by atoms with Crippen LogP contribution < -0.4 is 10.2 Å². The van der Waals surface area contributed by atoms with E-state index in [1.165, 1.54) is 6.39 Å². The van der Waals surface area contributed by atoms with Crippen molar-refractivity contribution in [3.05, 3.63) is 35.4 Å². The van der Waals surface area contributed by atoms with Crippen LogP contribution in [0.3, 0.4) is 0 Å². The molecule has 3 heterocycles. The molecular formula is C17H18ClN5O3. The fourth-order valence-corrected chi connectivity index (χ4v) is 3.37. The third kappa shape index (κ3) is 3.80. The molecule has 8 nitrogen and oxygen atoms in total. The van der Waals surface area contributed by atoms with Crippen LogP contribution in [0, 0.1) is 5.92 Å². The second kappa shape index (κ2) is 7.33. The van der Waals surface area contributed by atoms with Gasteiger partial charge in [0.25, 0.3) is 6.01 Å². The Morgan fingerprint density at radius 1 is 1.42 bits per heavy atom. The number of hydrogen-bond donors (Lipinski definition) is 1. The molecule has 1 aliphatic heterocycles. The van der Waals surface area contributed by atoms with Crippen molar-refractivity contribution in [2.75, 3.05) is 18.0 Å². The van der Waals surface area contributed by atoms with Gasteiger partial charge in [0.1, 0.15) is 5.52 Å². The molecule has 0 saturated carbocycles. The minimum absolute atomic E-state index is 0.0222. The number of rotatable bonds is 5. The number of piperidine rings is 1. The van der Waals surface area contributed by atoms with E-state index in [-0.39, 0.29) is 18.4 Å². The van der Waals surface area contributed by atoms with Crippen LogP contribution in [-0.4, -0.2) is 34.1 Å². The van der Waals surface area contributed by atoms with Crippen LogP contribution in [-0.2, 0) is 11.3 Å². The maximum absolute atomic E-state index is 12.2. The Morgan fingerprint density at radius 3 is 3.19 bits per heavy atom. The van der Waals surface area contributed by atoms with Gasteiger partial charge in [0.05, 0.1) is 6.54 Å². The Kier molecular flexibility index (Phi) is 4.75. The summed E-state index contributed by atoms with van der Waals surface area (Å²) in [6.45, 7) is 1.87. The van der Waals surface area contributed by atoms with Crippen LogP contribution in [0.2, 0.25) is 5.02 Å². The van der Waals surface area contributed by atoms with Gasteiger partial charge in [-0.25, -0.2) is 0 Å². The highest BCUT2D eigenvalue weighted by molar-refractivity contribution is 6.31. The van der Waals surface area contributed by atoms with Gasteiger partial charge in [-0.2, -0.15) is 9.97 Å². The van der Waals surface area contributed by atoms with E-state index < -0.39 is 0 Å². The summed E-state index contributed by atoms with van der Waals surface area (Å²) in [6.07, 6.45) is 3.68. The minimum atomic E-state index is -0.0222. The number of fused-ring (bicyclic) bond motifs is 1. The van der Waals surface area contributed by atoms with Gasteiger partial charge in [-0.05, 0) is 30.9 Å². The number of nitrogens with zero attached hydrogens (tertiary/aromatic N) is 4. The van der Waals surface area contributed by atoms with E-state index in [9.17, 15) is 4.79 Å². The molecule has 0 spiro atoms. The minimum Gasteiger partial charge on any atom is -0.423 e. The quantitative estimate of drug-likeness (QED) is 0.732. The Bertz CT molecular complexity index is 895. The van der Waals surface area contributed by atoms with E-state index in [2.05, 4.69) is 29.9 Å². The number of halogens is 1. The maximum Gasteiger partial charge on any atom is 0.298 e. The van der Waals surface area contributed by atoms with E-state index in [1.54, 1.807) is 12.1 Å². The molecule has 0 radical (unpaired) electrons. The molecule has 1 fully saturated rings. The number of aromatic nitrogens is 3. The standard InChI is InChI=1S/C17H18ClN5O3/c18-12-3-4-13-14(7-12)26-17(21-13)23-5-1-2-11(9-23)6-16(24)19-8-15-20-10-25-22-15/h3-4,7,10-11H,1-2,5-6,8-9H2,(H,19,24). The van der Waals surface area contributed by atoms with Crippen LogP contribution in [0.1, 0.15) is 25.1 Å². The van der Waals surface area contributed by atoms with Crippen LogP contribution >= 0.6 is 11.6 Å². The molecular weight excluding hydrogens is 358 g/mol. The first-order valence-electron chi connectivity index (χ1n) is 8.50. The van der Waals surface area contributed by atoms with Crippen molar-refractivity contribution < 1.29 is 13.7 Å². The van der Waals surface area contributed by atoms with Crippen molar-refractivity contribution in [2.24, 2.45) is 5.92 Å². The topological polar surface area (TPSA) is 97.3 Å². The summed E-state index contributed by atoms with van der Waals surface area (Å²) in [5.74, 6) is 0.687. The Hall–Kier alpha value is -2.61. The number of amides is 1. The van der Waals surface area contributed by atoms with Gasteiger partial charge in [-0.3, -0.25) is 4.79 Å². The molecule has 1 aromatic carbocycles. The number of benzene rings is 1. The van der Waals surface area contributed by atoms with Crippen molar-refractivity contribution in [2.45, 2.75) is 25.8 Å². The highest BCUT2D eigenvalue weighted by Gasteiger charge is 2.25. The fourth-order valence-electron chi connectivity index (χ4n) is 3.21. The summed E-state index contributed by atoms with van der Waals surface area (Å²) >= 11 is 6.00. The van der Waals surface area contributed by atoms with E-state index in [0.717, 1.165) is 31.4 Å². The fraction of sp³-hybridized carbons (Fsp3) is 0.412. The predicted octanol–water partition coefficient (Wildman–Crippen LogP) is 2.79. The van der Waals surface area contributed by atoms with Crippen molar-refractivity contribution in [3.8, 4) is 0 Å². The van der Waals surface area contributed by atoms with Gasteiger partial charge < -0.3 is 19.2 Å². The first kappa shape index (κ1) is 16.8. The lowest BCUT2D eigenvalue weighted by Crippen LogP contribution is -2.38. The summed E-state index contributed by atoms with van der Waals surface area (Å²) in [6, 6.07) is 5.99. The van der Waals surface area contributed by atoms with Gasteiger partial charge in [0.15, 0.2) is 11.4 Å². The van der Waals surface area contributed by atoms with E-state index in [1.807, 2.05) is 6.07 Å². The smallest absolute Gasteiger partial charge is 0.298 e. The molecule has 3 aromatic rings. The molecule has 1 amide bonds. The molecule has 1 unspecified atom stereocenters. The van der Waals surface area contributed by atoms with Gasteiger partial charge >= 0.3 is 0 Å². The number of carbonyl (C=O) groups excluding carboxylic acids is 1. The van der Waals surface area contributed by atoms with Gasteiger partial charge in [0, 0.05) is 30.6 Å².